The second-order valence-electron chi connectivity index (χ2n) is 5.78. The van der Waals surface area contributed by atoms with Crippen molar-refractivity contribution in [2.45, 2.75) is 13.8 Å². The molecule has 0 saturated heterocycles. The van der Waals surface area contributed by atoms with Crippen LogP contribution in [0.1, 0.15) is 22.8 Å². The second kappa shape index (κ2) is 7.49. The third-order valence-corrected chi connectivity index (χ3v) is 4.20. The van der Waals surface area contributed by atoms with E-state index in [0.29, 0.717) is 10.3 Å². The lowest BCUT2D eigenvalue weighted by Gasteiger charge is -2.07. The highest BCUT2D eigenvalue weighted by Crippen LogP contribution is 2.19. The van der Waals surface area contributed by atoms with Gasteiger partial charge in [-0.3, -0.25) is 9.36 Å². The maximum atomic E-state index is 12.9. The zero-order chi connectivity index (χ0) is 18.7. The molecule has 3 aromatic rings. The molecule has 0 aliphatic heterocycles. The monoisotopic (exact) mass is 366 g/mol. The summed E-state index contributed by atoms with van der Waals surface area (Å²) in [6, 6.07) is 14.4. The molecule has 0 saturated carbocycles. The molecule has 5 nitrogen and oxygen atoms in total. The summed E-state index contributed by atoms with van der Waals surface area (Å²) >= 11 is 5.37. The normalized spacial score (nSPS) is 11.5. The van der Waals surface area contributed by atoms with E-state index in [0.717, 1.165) is 16.6 Å². The van der Waals surface area contributed by atoms with Gasteiger partial charge in [0.25, 0.3) is 0 Å². The minimum atomic E-state index is -0.676. The zero-order valence-electron chi connectivity index (χ0n) is 14.5. The third-order valence-electron chi connectivity index (χ3n) is 3.91. The molecule has 0 atom stereocenters. The molecule has 0 bridgehead atoms. The average molecular weight is 366 g/mol. The standard InChI is InChI=1S/C20H18N2O3S/c1-3-25-19(24)15(18(23)14-7-5-4-6-8-14)12-22-17-10-9-13(2)11-16(17)21-20(22)26/h4-12H,3H2,1-2H3,(H,21,26)/b15-12+. The molecule has 1 aromatic heterocycles. The molecule has 26 heavy (non-hydrogen) atoms. The van der Waals surface area contributed by atoms with Crippen molar-refractivity contribution in [1.82, 2.24) is 9.55 Å². The summed E-state index contributed by atoms with van der Waals surface area (Å²) in [5.74, 6) is -1.09. The van der Waals surface area contributed by atoms with Crippen LogP contribution in [0.5, 0.6) is 0 Å². The Labute approximate surface area is 155 Å². The highest BCUT2D eigenvalue weighted by Gasteiger charge is 2.22. The van der Waals surface area contributed by atoms with Gasteiger partial charge in [0.15, 0.2) is 4.77 Å². The number of nitrogens with zero attached hydrogens (tertiary/aromatic N) is 1. The largest absolute Gasteiger partial charge is 0.462 e. The molecule has 0 amide bonds. The number of fused-ring (bicyclic) bond motifs is 1. The van der Waals surface area contributed by atoms with E-state index in [1.54, 1.807) is 35.8 Å². The number of H-pyrrole nitrogens is 1. The Morgan fingerprint density at radius 3 is 2.62 bits per heavy atom. The van der Waals surface area contributed by atoms with Gasteiger partial charge in [0, 0.05) is 11.8 Å². The van der Waals surface area contributed by atoms with Crippen LogP contribution in [0, 0.1) is 11.7 Å². The van der Waals surface area contributed by atoms with Crippen LogP contribution in [0.2, 0.25) is 0 Å². The van der Waals surface area contributed by atoms with Crippen LogP contribution >= 0.6 is 12.2 Å². The number of benzene rings is 2. The first kappa shape index (κ1) is 17.8. The number of carbonyl (C=O) groups excluding carboxylic acids is 2. The van der Waals surface area contributed by atoms with Gasteiger partial charge in [0.2, 0.25) is 5.78 Å². The van der Waals surface area contributed by atoms with Crippen LogP contribution in [0.25, 0.3) is 17.2 Å². The van der Waals surface area contributed by atoms with Crippen molar-refractivity contribution in [2.75, 3.05) is 6.61 Å². The molecule has 0 fully saturated rings. The summed E-state index contributed by atoms with van der Waals surface area (Å²) in [5.41, 5.74) is 3.03. The smallest absolute Gasteiger partial charge is 0.343 e. The van der Waals surface area contributed by atoms with E-state index in [9.17, 15) is 9.59 Å². The summed E-state index contributed by atoms with van der Waals surface area (Å²) in [7, 11) is 0. The minimum absolute atomic E-state index is 0.0735. The number of aromatic amines is 1. The van der Waals surface area contributed by atoms with Crippen molar-refractivity contribution >= 4 is 41.2 Å². The van der Waals surface area contributed by atoms with Crippen molar-refractivity contribution in [3.8, 4) is 0 Å². The summed E-state index contributed by atoms with van der Waals surface area (Å²) < 4.78 is 7.10. The van der Waals surface area contributed by atoms with Crippen LogP contribution in [0.3, 0.4) is 0 Å². The van der Waals surface area contributed by atoms with Gasteiger partial charge in [-0.2, -0.15) is 0 Å². The number of nitrogens with one attached hydrogen (secondary N) is 1. The molecule has 1 N–H and O–H groups in total. The van der Waals surface area contributed by atoms with E-state index in [2.05, 4.69) is 4.98 Å². The number of hydrogen-bond acceptors (Lipinski definition) is 4. The van der Waals surface area contributed by atoms with Crippen LogP contribution in [-0.4, -0.2) is 27.9 Å². The second-order valence-corrected chi connectivity index (χ2v) is 6.17. The van der Waals surface area contributed by atoms with Crippen molar-refractivity contribution in [3.63, 3.8) is 0 Å². The van der Waals surface area contributed by atoms with Gasteiger partial charge in [-0.05, 0) is 43.8 Å². The van der Waals surface area contributed by atoms with Gasteiger partial charge in [0.05, 0.1) is 17.6 Å². The molecule has 2 aromatic carbocycles. The van der Waals surface area contributed by atoms with Crippen molar-refractivity contribution < 1.29 is 14.3 Å². The van der Waals surface area contributed by atoms with Crippen molar-refractivity contribution in [2.24, 2.45) is 0 Å². The first-order valence-electron chi connectivity index (χ1n) is 8.21. The van der Waals surface area contributed by atoms with Gasteiger partial charge in [-0.1, -0.05) is 36.4 Å². The summed E-state index contributed by atoms with van der Waals surface area (Å²) in [5, 5.41) is 0. The Balaban J connectivity index is 2.16. The van der Waals surface area contributed by atoms with E-state index in [4.69, 9.17) is 17.0 Å². The lowest BCUT2D eigenvalue weighted by molar-refractivity contribution is -0.137. The predicted octanol–water partition coefficient (Wildman–Crippen LogP) is 4.29. The highest BCUT2D eigenvalue weighted by molar-refractivity contribution is 7.71. The maximum Gasteiger partial charge on any atom is 0.343 e. The predicted molar refractivity (Wildman–Crippen MR) is 104 cm³/mol. The quantitative estimate of drug-likeness (QED) is 0.183. The number of Topliss-reactive ketones (excluding diaryl/α,β-unsaturated/α-hetero) is 1. The van der Waals surface area contributed by atoms with E-state index >= 15 is 0 Å². The fourth-order valence-electron chi connectivity index (χ4n) is 2.66. The number of rotatable bonds is 5. The summed E-state index contributed by atoms with van der Waals surface area (Å²) in [4.78, 5) is 28.4. The van der Waals surface area contributed by atoms with Crippen molar-refractivity contribution in [3.05, 3.63) is 70.0 Å². The van der Waals surface area contributed by atoms with Crippen LogP contribution in [0.15, 0.2) is 54.1 Å². The first-order chi connectivity index (χ1) is 12.5. The van der Waals surface area contributed by atoms with Crippen LogP contribution in [0.4, 0.5) is 0 Å². The van der Waals surface area contributed by atoms with Crippen molar-refractivity contribution in [1.29, 1.82) is 0 Å². The Hall–Kier alpha value is -2.99. The molecule has 6 heteroatoms. The van der Waals surface area contributed by atoms with E-state index in [1.807, 2.05) is 31.2 Å². The number of aryl methyl sites for hydroxylation is 1. The lowest BCUT2D eigenvalue weighted by Crippen LogP contribution is -2.17. The molecular formula is C20H18N2O3S. The number of ether oxygens (including phenoxy) is 1. The van der Waals surface area contributed by atoms with Gasteiger partial charge >= 0.3 is 5.97 Å². The number of carbonyl (C=O) groups is 2. The van der Waals surface area contributed by atoms with Gasteiger partial charge in [0.1, 0.15) is 5.57 Å². The molecule has 0 unspecified atom stereocenters. The molecule has 3 rings (SSSR count). The Morgan fingerprint density at radius 2 is 1.92 bits per heavy atom. The molecular weight excluding hydrogens is 348 g/mol. The molecule has 1 heterocycles. The highest BCUT2D eigenvalue weighted by atomic mass is 32.1. The topological polar surface area (TPSA) is 64.1 Å². The maximum absolute atomic E-state index is 12.9. The lowest BCUT2D eigenvalue weighted by atomic mass is 10.0. The van der Waals surface area contributed by atoms with Gasteiger partial charge in [-0.15, -0.1) is 0 Å². The molecule has 132 valence electrons. The van der Waals surface area contributed by atoms with Crippen LogP contribution in [-0.2, 0) is 9.53 Å². The number of ketones is 1. The number of hydrogen-bond donors (Lipinski definition) is 1. The zero-order valence-corrected chi connectivity index (χ0v) is 15.3. The fraction of sp³-hybridized carbons (Fsp3) is 0.150. The number of imidazole rings is 1. The third kappa shape index (κ3) is 3.50. The molecule has 0 aliphatic carbocycles. The minimum Gasteiger partial charge on any atom is -0.462 e. The summed E-state index contributed by atoms with van der Waals surface area (Å²) in [6.07, 6.45) is 1.45. The van der Waals surface area contributed by atoms with E-state index < -0.39 is 11.8 Å². The first-order valence-corrected chi connectivity index (χ1v) is 8.61. The summed E-state index contributed by atoms with van der Waals surface area (Å²) in [6.45, 7) is 3.85. The Kier molecular flexibility index (Phi) is 5.14. The Morgan fingerprint density at radius 1 is 1.19 bits per heavy atom. The molecule has 0 spiro atoms. The van der Waals surface area contributed by atoms with E-state index in [1.165, 1.54) is 6.20 Å². The Bertz CT molecular complexity index is 1060. The average Bonchev–Trinajstić information content (AvgIpc) is 2.94. The SMILES string of the molecule is CCOC(=O)/C(=C/n1c(=S)[nH]c2cc(C)ccc21)C(=O)c1ccccc1. The van der Waals surface area contributed by atoms with E-state index in [-0.39, 0.29) is 12.2 Å². The molecule has 0 radical (unpaired) electrons. The van der Waals surface area contributed by atoms with Gasteiger partial charge < -0.3 is 9.72 Å². The van der Waals surface area contributed by atoms with Crippen LogP contribution < -0.4 is 0 Å². The fourth-order valence-corrected chi connectivity index (χ4v) is 2.92. The molecule has 0 aliphatic rings. The van der Waals surface area contributed by atoms with Gasteiger partial charge in [-0.25, -0.2) is 4.79 Å². The number of esters is 1. The number of aromatic nitrogens is 2.